The third-order valence-electron chi connectivity index (χ3n) is 1.64. The highest BCUT2D eigenvalue weighted by Gasteiger charge is 2.16. The number of halogens is 1. The van der Waals surface area contributed by atoms with E-state index in [1.54, 1.807) is 0 Å². The summed E-state index contributed by atoms with van der Waals surface area (Å²) in [6, 6.07) is 0.00600. The lowest BCUT2D eigenvalue weighted by molar-refractivity contribution is 0.188. The summed E-state index contributed by atoms with van der Waals surface area (Å²) in [7, 11) is 0. The van der Waals surface area contributed by atoms with Gasteiger partial charge >= 0.3 is 6.03 Å². The average Bonchev–Trinajstić information content (AvgIpc) is 2.53. The van der Waals surface area contributed by atoms with Gasteiger partial charge in [0.25, 0.3) is 0 Å². The topological polar surface area (TPSA) is 50.4 Å². The van der Waals surface area contributed by atoms with Crippen LogP contribution >= 0.6 is 11.6 Å². The molecule has 0 bridgehead atoms. The Bertz CT molecular complexity index is 148. The van der Waals surface area contributed by atoms with Crippen LogP contribution in [0.1, 0.15) is 6.42 Å². The number of rotatable bonds is 3. The molecule has 2 amide bonds. The number of carbonyl (C=O) groups is 1. The predicted molar refractivity (Wildman–Crippen MR) is 46.5 cm³/mol. The lowest BCUT2D eigenvalue weighted by Crippen LogP contribution is -2.42. The van der Waals surface area contributed by atoms with E-state index in [1.807, 2.05) is 0 Å². The van der Waals surface area contributed by atoms with E-state index in [9.17, 15) is 4.79 Å². The van der Waals surface area contributed by atoms with Crippen LogP contribution in [0, 0.1) is 0 Å². The first-order valence-electron chi connectivity index (χ1n) is 4.01. The molecule has 70 valence electrons. The Kier molecular flexibility index (Phi) is 4.18. The second kappa shape index (κ2) is 5.22. The van der Waals surface area contributed by atoms with Gasteiger partial charge in [0.15, 0.2) is 0 Å². The van der Waals surface area contributed by atoms with E-state index in [0.717, 1.165) is 13.0 Å². The van der Waals surface area contributed by atoms with E-state index in [2.05, 4.69) is 10.6 Å². The van der Waals surface area contributed by atoms with Crippen molar-refractivity contribution in [1.29, 1.82) is 0 Å². The summed E-state index contributed by atoms with van der Waals surface area (Å²) in [5, 5.41) is 5.40. The molecule has 1 unspecified atom stereocenters. The number of carbonyl (C=O) groups excluding carboxylic acids is 1. The Morgan fingerprint density at radius 2 is 2.50 bits per heavy atom. The van der Waals surface area contributed by atoms with E-state index in [1.165, 1.54) is 0 Å². The molecule has 1 atom stereocenters. The highest BCUT2D eigenvalue weighted by atomic mass is 35.5. The highest BCUT2D eigenvalue weighted by Crippen LogP contribution is 2.02. The zero-order valence-electron chi connectivity index (χ0n) is 6.81. The summed E-state index contributed by atoms with van der Waals surface area (Å²) in [4.78, 5) is 11.0. The largest absolute Gasteiger partial charge is 0.379 e. The molecule has 0 aromatic heterocycles. The van der Waals surface area contributed by atoms with E-state index < -0.39 is 0 Å². The van der Waals surface area contributed by atoms with E-state index in [0.29, 0.717) is 19.0 Å². The maximum absolute atomic E-state index is 11.0. The van der Waals surface area contributed by atoms with Gasteiger partial charge < -0.3 is 15.4 Å². The van der Waals surface area contributed by atoms with E-state index in [4.69, 9.17) is 16.3 Å². The van der Waals surface area contributed by atoms with Crippen LogP contribution in [0.5, 0.6) is 0 Å². The fraction of sp³-hybridized carbons (Fsp3) is 0.857. The molecule has 12 heavy (non-hydrogen) atoms. The number of hydrogen-bond acceptors (Lipinski definition) is 2. The molecule has 1 heterocycles. The van der Waals surface area contributed by atoms with Crippen molar-refractivity contribution < 1.29 is 9.53 Å². The quantitative estimate of drug-likeness (QED) is 0.633. The first-order valence-corrected chi connectivity index (χ1v) is 4.54. The van der Waals surface area contributed by atoms with Crippen molar-refractivity contribution in [1.82, 2.24) is 10.6 Å². The average molecular weight is 193 g/mol. The number of hydrogen-bond donors (Lipinski definition) is 2. The van der Waals surface area contributed by atoms with Gasteiger partial charge in [0, 0.05) is 19.0 Å². The van der Waals surface area contributed by atoms with Crippen LogP contribution in [-0.4, -0.2) is 37.7 Å². The Morgan fingerprint density at radius 3 is 3.08 bits per heavy atom. The molecule has 4 nitrogen and oxygen atoms in total. The van der Waals surface area contributed by atoms with E-state index >= 15 is 0 Å². The minimum Gasteiger partial charge on any atom is -0.379 e. The van der Waals surface area contributed by atoms with Crippen LogP contribution in [0.15, 0.2) is 0 Å². The molecule has 0 spiro atoms. The van der Waals surface area contributed by atoms with Crippen LogP contribution < -0.4 is 10.6 Å². The normalized spacial score (nSPS) is 22.2. The number of nitrogens with one attached hydrogen (secondary N) is 2. The third-order valence-corrected chi connectivity index (χ3v) is 1.83. The van der Waals surface area contributed by atoms with Crippen LogP contribution in [0.2, 0.25) is 0 Å². The van der Waals surface area contributed by atoms with Crippen LogP contribution in [0.25, 0.3) is 0 Å². The summed E-state index contributed by atoms with van der Waals surface area (Å²) in [6.07, 6.45) is 0.897. The smallest absolute Gasteiger partial charge is 0.315 e. The molecule has 0 saturated carbocycles. The van der Waals surface area contributed by atoms with Gasteiger partial charge in [-0.3, -0.25) is 0 Å². The van der Waals surface area contributed by atoms with Crippen LogP contribution in [0.3, 0.4) is 0 Å². The Labute approximate surface area is 76.6 Å². The molecule has 0 aromatic rings. The minimum absolute atomic E-state index is 0.161. The first kappa shape index (κ1) is 9.61. The summed E-state index contributed by atoms with van der Waals surface area (Å²) in [5.41, 5.74) is 0. The minimum atomic E-state index is -0.161. The molecular formula is C7H13ClN2O2. The highest BCUT2D eigenvalue weighted by molar-refractivity contribution is 6.18. The van der Waals surface area contributed by atoms with Gasteiger partial charge in [-0.05, 0) is 6.42 Å². The van der Waals surface area contributed by atoms with Crippen molar-refractivity contribution in [2.75, 3.05) is 25.6 Å². The maximum atomic E-state index is 11.0. The molecule has 2 N–H and O–H groups in total. The van der Waals surface area contributed by atoms with Gasteiger partial charge in [-0.15, -0.1) is 11.6 Å². The van der Waals surface area contributed by atoms with Gasteiger partial charge in [-0.1, -0.05) is 0 Å². The number of amides is 2. The lowest BCUT2D eigenvalue weighted by Gasteiger charge is -2.10. The molecule has 1 rings (SSSR count). The zero-order chi connectivity index (χ0) is 8.81. The zero-order valence-corrected chi connectivity index (χ0v) is 7.56. The molecular weight excluding hydrogens is 180 g/mol. The van der Waals surface area contributed by atoms with Gasteiger partial charge in [-0.25, -0.2) is 4.79 Å². The molecule has 5 heteroatoms. The summed E-state index contributed by atoms with van der Waals surface area (Å²) >= 11 is 5.40. The number of urea groups is 1. The van der Waals surface area contributed by atoms with Crippen LogP contribution in [0.4, 0.5) is 4.79 Å². The predicted octanol–water partition coefficient (Wildman–Crippen LogP) is 0.313. The van der Waals surface area contributed by atoms with Gasteiger partial charge in [0.1, 0.15) is 0 Å². The van der Waals surface area contributed by atoms with Crippen molar-refractivity contribution in [2.45, 2.75) is 12.5 Å². The molecule has 1 aliphatic heterocycles. The lowest BCUT2D eigenvalue weighted by atomic mass is 10.3. The molecule has 0 aliphatic carbocycles. The summed E-state index contributed by atoms with van der Waals surface area (Å²) in [6.45, 7) is 1.86. The molecule has 0 aromatic carbocycles. The molecule has 1 fully saturated rings. The molecule has 1 aliphatic rings. The van der Waals surface area contributed by atoms with Crippen molar-refractivity contribution >= 4 is 17.6 Å². The standard InChI is InChI=1S/C7H13ClN2O2/c8-2-3-9-7(11)10-6-1-4-12-5-6/h6H,1-5H2,(H2,9,10,11). The fourth-order valence-corrected chi connectivity index (χ4v) is 1.14. The Morgan fingerprint density at radius 1 is 1.67 bits per heavy atom. The second-order valence-corrected chi connectivity index (χ2v) is 3.03. The first-order chi connectivity index (χ1) is 5.83. The number of alkyl halides is 1. The number of ether oxygens (including phenoxy) is 1. The van der Waals surface area contributed by atoms with E-state index in [-0.39, 0.29) is 12.1 Å². The Balaban J connectivity index is 2.08. The Hall–Kier alpha value is -0.480. The molecule has 1 saturated heterocycles. The van der Waals surface area contributed by atoms with Crippen molar-refractivity contribution in [2.24, 2.45) is 0 Å². The van der Waals surface area contributed by atoms with Gasteiger partial charge in [0.2, 0.25) is 0 Å². The van der Waals surface area contributed by atoms with Crippen molar-refractivity contribution in [3.63, 3.8) is 0 Å². The van der Waals surface area contributed by atoms with Crippen LogP contribution in [-0.2, 0) is 4.74 Å². The summed E-state index contributed by atoms with van der Waals surface area (Å²) in [5.74, 6) is 0.439. The summed E-state index contributed by atoms with van der Waals surface area (Å²) < 4.78 is 5.09. The SMILES string of the molecule is O=C(NCCCl)NC1CCOC1. The fourth-order valence-electron chi connectivity index (χ4n) is 1.05. The monoisotopic (exact) mass is 192 g/mol. The van der Waals surface area contributed by atoms with Gasteiger partial charge in [-0.2, -0.15) is 0 Å². The molecule has 0 radical (unpaired) electrons. The second-order valence-electron chi connectivity index (χ2n) is 2.65. The maximum Gasteiger partial charge on any atom is 0.315 e. The van der Waals surface area contributed by atoms with Crippen molar-refractivity contribution in [3.05, 3.63) is 0 Å². The van der Waals surface area contributed by atoms with Gasteiger partial charge in [0.05, 0.1) is 12.6 Å². The van der Waals surface area contributed by atoms with Crippen molar-refractivity contribution in [3.8, 4) is 0 Å². The third kappa shape index (κ3) is 3.28.